The predicted molar refractivity (Wildman–Crippen MR) is 92.6 cm³/mol. The Labute approximate surface area is 145 Å². The van der Waals surface area contributed by atoms with Gasteiger partial charge in [0.1, 0.15) is 17.5 Å². The van der Waals surface area contributed by atoms with Crippen LogP contribution in [0.2, 0.25) is 0 Å². The maximum atomic E-state index is 12.1. The predicted octanol–water partition coefficient (Wildman–Crippen LogP) is 4.05. The number of amides is 2. The number of urea groups is 1. The van der Waals surface area contributed by atoms with Crippen molar-refractivity contribution in [2.24, 2.45) is 0 Å². The first-order valence-corrected chi connectivity index (χ1v) is 7.81. The van der Waals surface area contributed by atoms with Crippen molar-refractivity contribution in [1.29, 1.82) is 0 Å². The Kier molecular flexibility index (Phi) is 4.94. The molecule has 0 radical (unpaired) electrons. The Morgan fingerprint density at radius 3 is 2.60 bits per heavy atom. The molecule has 2 aromatic carbocycles. The minimum absolute atomic E-state index is 0.355. The molecule has 0 aliphatic rings. The number of carbonyl (C=O) groups excluding carboxylic acids is 1. The van der Waals surface area contributed by atoms with Crippen LogP contribution in [0.3, 0.4) is 0 Å². The number of hydrogen-bond donors (Lipinski definition) is 2. The summed E-state index contributed by atoms with van der Waals surface area (Å²) in [6.45, 7) is 3.49. The first kappa shape index (κ1) is 16.5. The van der Waals surface area contributed by atoms with Crippen LogP contribution in [0, 0.1) is 6.92 Å². The zero-order valence-corrected chi connectivity index (χ0v) is 13.9. The maximum Gasteiger partial charge on any atom is 0.319 e. The van der Waals surface area contributed by atoms with Gasteiger partial charge in [0.2, 0.25) is 5.89 Å². The number of para-hydroxylation sites is 1. The zero-order chi connectivity index (χ0) is 17.6. The van der Waals surface area contributed by atoms with Crippen molar-refractivity contribution in [2.75, 3.05) is 5.32 Å². The van der Waals surface area contributed by atoms with Gasteiger partial charge >= 0.3 is 6.03 Å². The van der Waals surface area contributed by atoms with Crippen LogP contribution in [0.15, 0.2) is 59.1 Å². The number of benzene rings is 2. The van der Waals surface area contributed by atoms with Crippen LogP contribution in [0.4, 0.5) is 10.5 Å². The number of hydrogen-bond acceptors (Lipinski definition) is 5. The first-order valence-electron chi connectivity index (χ1n) is 7.81. The number of aromatic nitrogens is 2. The van der Waals surface area contributed by atoms with E-state index in [0.717, 1.165) is 5.75 Å². The summed E-state index contributed by atoms with van der Waals surface area (Å²) in [7, 11) is 0. The molecule has 1 atom stereocenters. The second-order valence-corrected chi connectivity index (χ2v) is 5.44. The average molecular weight is 338 g/mol. The Morgan fingerprint density at radius 1 is 1.12 bits per heavy atom. The van der Waals surface area contributed by atoms with Gasteiger partial charge in [-0.25, -0.2) is 4.79 Å². The Balaban J connectivity index is 1.60. The van der Waals surface area contributed by atoms with Crippen molar-refractivity contribution in [3.63, 3.8) is 0 Å². The maximum absolute atomic E-state index is 12.1. The number of anilines is 1. The van der Waals surface area contributed by atoms with E-state index in [1.807, 2.05) is 36.4 Å². The lowest BCUT2D eigenvalue weighted by Gasteiger charge is -2.12. The van der Waals surface area contributed by atoms with E-state index in [9.17, 15) is 4.79 Å². The van der Waals surface area contributed by atoms with Crippen LogP contribution in [0.25, 0.3) is 0 Å². The third-order valence-electron chi connectivity index (χ3n) is 3.33. The van der Waals surface area contributed by atoms with Gasteiger partial charge < -0.3 is 19.9 Å². The summed E-state index contributed by atoms with van der Waals surface area (Å²) in [5.41, 5.74) is 0.611. The fourth-order valence-corrected chi connectivity index (χ4v) is 2.18. The van der Waals surface area contributed by atoms with Gasteiger partial charge in [0.15, 0.2) is 5.82 Å². The molecule has 7 nitrogen and oxygen atoms in total. The third kappa shape index (κ3) is 4.57. The van der Waals surface area contributed by atoms with Crippen molar-refractivity contribution in [2.45, 2.75) is 19.9 Å². The molecule has 1 heterocycles. The standard InChI is InChI=1S/C18H18N4O3/c1-12(17-20-13(2)22-25-17)19-18(23)21-14-7-6-10-16(11-14)24-15-8-4-3-5-9-15/h3-12H,1-2H3,(H2,19,21,23)/t12-/m0/s1. The van der Waals surface area contributed by atoms with E-state index in [0.29, 0.717) is 23.2 Å². The molecule has 3 aromatic rings. The lowest BCUT2D eigenvalue weighted by Crippen LogP contribution is -2.31. The summed E-state index contributed by atoms with van der Waals surface area (Å²) < 4.78 is 10.8. The largest absolute Gasteiger partial charge is 0.457 e. The van der Waals surface area contributed by atoms with Gasteiger partial charge in [-0.05, 0) is 38.1 Å². The van der Waals surface area contributed by atoms with E-state index in [2.05, 4.69) is 20.8 Å². The molecular weight excluding hydrogens is 320 g/mol. The monoisotopic (exact) mass is 338 g/mol. The number of carbonyl (C=O) groups is 1. The first-order chi connectivity index (χ1) is 12.1. The molecule has 2 amide bonds. The van der Waals surface area contributed by atoms with E-state index in [1.165, 1.54) is 0 Å². The van der Waals surface area contributed by atoms with Gasteiger partial charge in [-0.3, -0.25) is 0 Å². The Hall–Kier alpha value is -3.35. The van der Waals surface area contributed by atoms with Crippen molar-refractivity contribution in [3.05, 3.63) is 66.3 Å². The summed E-state index contributed by atoms with van der Waals surface area (Å²) in [5, 5.41) is 9.20. The van der Waals surface area contributed by atoms with Crippen LogP contribution < -0.4 is 15.4 Å². The highest BCUT2D eigenvalue weighted by molar-refractivity contribution is 5.89. The SMILES string of the molecule is Cc1noc([C@H](C)NC(=O)Nc2cccc(Oc3ccccc3)c2)n1. The smallest absolute Gasteiger partial charge is 0.319 e. The molecule has 128 valence electrons. The van der Waals surface area contributed by atoms with Gasteiger partial charge in [0, 0.05) is 11.8 Å². The van der Waals surface area contributed by atoms with E-state index >= 15 is 0 Å². The van der Waals surface area contributed by atoms with E-state index < -0.39 is 6.04 Å². The normalized spacial score (nSPS) is 11.6. The Morgan fingerprint density at radius 2 is 1.88 bits per heavy atom. The molecule has 0 aliphatic heterocycles. The molecule has 25 heavy (non-hydrogen) atoms. The van der Waals surface area contributed by atoms with Crippen LogP contribution in [-0.2, 0) is 0 Å². The third-order valence-corrected chi connectivity index (χ3v) is 3.33. The number of nitrogens with zero attached hydrogens (tertiary/aromatic N) is 2. The van der Waals surface area contributed by atoms with E-state index in [1.54, 1.807) is 32.0 Å². The minimum atomic E-state index is -0.398. The lowest BCUT2D eigenvalue weighted by molar-refractivity contribution is 0.245. The van der Waals surface area contributed by atoms with Gasteiger partial charge in [0.05, 0.1) is 0 Å². The Bertz CT molecular complexity index is 848. The highest BCUT2D eigenvalue weighted by atomic mass is 16.5. The quantitative estimate of drug-likeness (QED) is 0.732. The highest BCUT2D eigenvalue weighted by Crippen LogP contribution is 2.23. The fraction of sp³-hybridized carbons (Fsp3) is 0.167. The lowest BCUT2D eigenvalue weighted by atomic mass is 10.3. The molecule has 0 spiro atoms. The van der Waals surface area contributed by atoms with Crippen molar-refractivity contribution in [3.8, 4) is 11.5 Å². The molecule has 0 saturated heterocycles. The van der Waals surface area contributed by atoms with Gasteiger partial charge in [0.25, 0.3) is 0 Å². The zero-order valence-electron chi connectivity index (χ0n) is 13.9. The van der Waals surface area contributed by atoms with Crippen molar-refractivity contribution >= 4 is 11.7 Å². The summed E-state index contributed by atoms with van der Waals surface area (Å²) >= 11 is 0. The minimum Gasteiger partial charge on any atom is -0.457 e. The highest BCUT2D eigenvalue weighted by Gasteiger charge is 2.15. The second-order valence-electron chi connectivity index (χ2n) is 5.44. The summed E-state index contributed by atoms with van der Waals surface area (Å²) in [6.07, 6.45) is 0. The molecular formula is C18H18N4O3. The van der Waals surface area contributed by atoms with Crippen LogP contribution in [0.1, 0.15) is 24.7 Å². The fourth-order valence-electron chi connectivity index (χ4n) is 2.18. The average Bonchev–Trinajstić information content (AvgIpc) is 3.02. The molecule has 2 N–H and O–H groups in total. The number of nitrogens with one attached hydrogen (secondary N) is 2. The summed E-state index contributed by atoms with van der Waals surface area (Å²) in [4.78, 5) is 16.2. The molecule has 0 unspecified atom stereocenters. The number of aryl methyl sites for hydroxylation is 1. The van der Waals surface area contributed by atoms with Gasteiger partial charge in [-0.1, -0.05) is 29.4 Å². The molecule has 3 rings (SSSR count). The van der Waals surface area contributed by atoms with Gasteiger partial charge in [-0.15, -0.1) is 0 Å². The molecule has 0 saturated carbocycles. The molecule has 0 bridgehead atoms. The van der Waals surface area contributed by atoms with E-state index in [-0.39, 0.29) is 6.03 Å². The molecule has 1 aromatic heterocycles. The molecule has 0 aliphatic carbocycles. The summed E-state index contributed by atoms with van der Waals surface area (Å²) in [6, 6.07) is 15.8. The van der Waals surface area contributed by atoms with Crippen LogP contribution in [0.5, 0.6) is 11.5 Å². The second kappa shape index (κ2) is 7.48. The van der Waals surface area contributed by atoms with Crippen LogP contribution >= 0.6 is 0 Å². The number of rotatable bonds is 5. The van der Waals surface area contributed by atoms with E-state index in [4.69, 9.17) is 9.26 Å². The molecule has 7 heteroatoms. The van der Waals surface area contributed by atoms with Crippen molar-refractivity contribution < 1.29 is 14.1 Å². The molecule has 0 fully saturated rings. The van der Waals surface area contributed by atoms with Crippen molar-refractivity contribution in [1.82, 2.24) is 15.5 Å². The van der Waals surface area contributed by atoms with Gasteiger partial charge in [-0.2, -0.15) is 4.98 Å². The number of ether oxygens (including phenoxy) is 1. The van der Waals surface area contributed by atoms with Crippen LogP contribution in [-0.4, -0.2) is 16.2 Å². The topological polar surface area (TPSA) is 89.3 Å². The summed E-state index contributed by atoms with van der Waals surface area (Å²) in [5.74, 6) is 2.23.